The molecule has 1 heterocycles. The first kappa shape index (κ1) is 14.9. The Morgan fingerprint density at radius 2 is 2.24 bits per heavy atom. The Morgan fingerprint density at radius 3 is 3.00 bits per heavy atom. The number of ether oxygens (including phenoxy) is 3. The van der Waals surface area contributed by atoms with Crippen molar-refractivity contribution < 1.29 is 14.2 Å². The maximum absolute atomic E-state index is 5.66. The highest BCUT2D eigenvalue weighted by Crippen LogP contribution is 2.05. The normalized spacial score (nSPS) is 21.9. The van der Waals surface area contributed by atoms with Gasteiger partial charge in [-0.15, -0.1) is 0 Å². The summed E-state index contributed by atoms with van der Waals surface area (Å²) in [5.74, 6) is 0. The Labute approximate surface area is 104 Å². The molecule has 1 aliphatic rings. The number of likely N-dealkylation sites (N-methyl/N-ethyl adjacent to an activating group) is 1. The molecule has 5 heteroatoms. The van der Waals surface area contributed by atoms with E-state index >= 15 is 0 Å². The Morgan fingerprint density at radius 1 is 1.35 bits per heavy atom. The smallest absolute Gasteiger partial charge is 0.0826 e. The lowest BCUT2D eigenvalue weighted by atomic mass is 10.2. The molecular formula is C12H26N2O3. The van der Waals surface area contributed by atoms with Gasteiger partial charge in [-0.05, 0) is 13.5 Å². The monoisotopic (exact) mass is 246 g/mol. The van der Waals surface area contributed by atoms with Gasteiger partial charge in [0, 0.05) is 39.9 Å². The summed E-state index contributed by atoms with van der Waals surface area (Å²) < 4.78 is 16.0. The highest BCUT2D eigenvalue weighted by atomic mass is 16.5. The highest BCUT2D eigenvalue weighted by molar-refractivity contribution is 4.72. The second-order valence-electron chi connectivity index (χ2n) is 4.31. The lowest BCUT2D eigenvalue weighted by Gasteiger charge is -2.32. The van der Waals surface area contributed by atoms with Gasteiger partial charge in [0.25, 0.3) is 0 Å². The van der Waals surface area contributed by atoms with Crippen molar-refractivity contribution in [1.82, 2.24) is 10.2 Å². The van der Waals surface area contributed by atoms with Gasteiger partial charge in [-0.3, -0.25) is 4.90 Å². The second-order valence-corrected chi connectivity index (χ2v) is 4.31. The summed E-state index contributed by atoms with van der Waals surface area (Å²) in [6, 6.07) is 0. The van der Waals surface area contributed by atoms with E-state index in [0.717, 1.165) is 45.8 Å². The van der Waals surface area contributed by atoms with Crippen LogP contribution in [0.25, 0.3) is 0 Å². The molecule has 1 atom stereocenters. The lowest BCUT2D eigenvalue weighted by Crippen LogP contribution is -2.46. The fraction of sp³-hybridized carbons (Fsp3) is 1.00. The fourth-order valence-corrected chi connectivity index (χ4v) is 1.97. The van der Waals surface area contributed by atoms with E-state index in [0.29, 0.717) is 19.3 Å². The highest BCUT2D eigenvalue weighted by Gasteiger charge is 2.18. The SMILES string of the molecule is CNCC1CN(CCCOCCOC)CCO1. The van der Waals surface area contributed by atoms with Gasteiger partial charge in [-0.25, -0.2) is 0 Å². The van der Waals surface area contributed by atoms with Crippen LogP contribution < -0.4 is 5.32 Å². The minimum absolute atomic E-state index is 0.336. The van der Waals surface area contributed by atoms with Crippen molar-refractivity contribution in [2.45, 2.75) is 12.5 Å². The molecule has 1 fully saturated rings. The Bertz CT molecular complexity index is 179. The number of nitrogens with zero attached hydrogens (tertiary/aromatic N) is 1. The molecule has 0 radical (unpaired) electrons. The van der Waals surface area contributed by atoms with E-state index in [1.54, 1.807) is 7.11 Å². The van der Waals surface area contributed by atoms with Crippen molar-refractivity contribution in [1.29, 1.82) is 0 Å². The largest absolute Gasteiger partial charge is 0.382 e. The van der Waals surface area contributed by atoms with Crippen molar-refractivity contribution in [2.24, 2.45) is 0 Å². The van der Waals surface area contributed by atoms with E-state index < -0.39 is 0 Å². The molecule has 0 aliphatic carbocycles. The van der Waals surface area contributed by atoms with Crippen molar-refractivity contribution in [3.8, 4) is 0 Å². The molecule has 0 amide bonds. The second kappa shape index (κ2) is 9.79. The predicted molar refractivity (Wildman–Crippen MR) is 67.4 cm³/mol. The Balaban J connectivity index is 1.98. The minimum Gasteiger partial charge on any atom is -0.382 e. The molecule has 17 heavy (non-hydrogen) atoms. The van der Waals surface area contributed by atoms with Gasteiger partial charge in [0.2, 0.25) is 0 Å². The van der Waals surface area contributed by atoms with Crippen molar-refractivity contribution in [3.63, 3.8) is 0 Å². The topological polar surface area (TPSA) is 43.0 Å². The fourth-order valence-electron chi connectivity index (χ4n) is 1.97. The molecule has 0 saturated carbocycles. The maximum Gasteiger partial charge on any atom is 0.0826 e. The zero-order chi connectivity index (χ0) is 12.3. The lowest BCUT2D eigenvalue weighted by molar-refractivity contribution is -0.0291. The van der Waals surface area contributed by atoms with Crippen LogP contribution in [0.1, 0.15) is 6.42 Å². The number of nitrogens with one attached hydrogen (secondary N) is 1. The van der Waals surface area contributed by atoms with E-state index in [4.69, 9.17) is 14.2 Å². The summed E-state index contributed by atoms with van der Waals surface area (Å²) in [4.78, 5) is 2.45. The van der Waals surface area contributed by atoms with Gasteiger partial charge in [-0.2, -0.15) is 0 Å². The molecule has 1 rings (SSSR count). The molecular weight excluding hydrogens is 220 g/mol. The van der Waals surface area contributed by atoms with Gasteiger partial charge in [-0.1, -0.05) is 0 Å². The third-order valence-electron chi connectivity index (χ3n) is 2.85. The van der Waals surface area contributed by atoms with Crippen LogP contribution in [-0.2, 0) is 14.2 Å². The van der Waals surface area contributed by atoms with Crippen LogP contribution in [0, 0.1) is 0 Å². The quantitative estimate of drug-likeness (QED) is 0.578. The van der Waals surface area contributed by atoms with E-state index in [-0.39, 0.29) is 0 Å². The van der Waals surface area contributed by atoms with Gasteiger partial charge < -0.3 is 19.5 Å². The van der Waals surface area contributed by atoms with Crippen LogP contribution in [0.5, 0.6) is 0 Å². The molecule has 1 unspecified atom stereocenters. The summed E-state index contributed by atoms with van der Waals surface area (Å²) in [6.07, 6.45) is 1.42. The van der Waals surface area contributed by atoms with Crippen LogP contribution in [-0.4, -0.2) is 77.8 Å². The Kier molecular flexibility index (Phi) is 8.56. The molecule has 1 aliphatic heterocycles. The van der Waals surface area contributed by atoms with E-state index in [1.807, 2.05) is 7.05 Å². The molecule has 0 aromatic carbocycles. The van der Waals surface area contributed by atoms with Crippen LogP contribution in [0.15, 0.2) is 0 Å². The number of rotatable bonds is 9. The Hall–Kier alpha value is -0.200. The predicted octanol–water partition coefficient (Wildman–Crippen LogP) is -0.0403. The zero-order valence-electron chi connectivity index (χ0n) is 11.1. The number of hydrogen-bond donors (Lipinski definition) is 1. The summed E-state index contributed by atoms with van der Waals surface area (Å²) >= 11 is 0. The van der Waals surface area contributed by atoms with Crippen molar-refractivity contribution >= 4 is 0 Å². The summed E-state index contributed by atoms with van der Waals surface area (Å²) in [5, 5.41) is 3.16. The first-order valence-corrected chi connectivity index (χ1v) is 6.42. The molecule has 1 N–H and O–H groups in total. The van der Waals surface area contributed by atoms with Crippen LogP contribution in [0.2, 0.25) is 0 Å². The van der Waals surface area contributed by atoms with Crippen molar-refractivity contribution in [2.75, 3.05) is 66.8 Å². The van der Waals surface area contributed by atoms with Gasteiger partial charge in [0.1, 0.15) is 0 Å². The summed E-state index contributed by atoms with van der Waals surface area (Å²) in [7, 11) is 3.66. The summed E-state index contributed by atoms with van der Waals surface area (Å²) in [5.41, 5.74) is 0. The number of morpholine rings is 1. The van der Waals surface area contributed by atoms with Gasteiger partial charge in [0.05, 0.1) is 25.9 Å². The first-order valence-electron chi connectivity index (χ1n) is 6.42. The number of hydrogen-bond acceptors (Lipinski definition) is 5. The molecule has 0 aromatic rings. The first-order chi connectivity index (χ1) is 8.36. The maximum atomic E-state index is 5.66. The average molecular weight is 246 g/mol. The average Bonchev–Trinajstić information content (AvgIpc) is 2.35. The van der Waals surface area contributed by atoms with Crippen molar-refractivity contribution in [3.05, 3.63) is 0 Å². The third-order valence-corrected chi connectivity index (χ3v) is 2.85. The van der Waals surface area contributed by atoms with Gasteiger partial charge >= 0.3 is 0 Å². The molecule has 5 nitrogen and oxygen atoms in total. The minimum atomic E-state index is 0.336. The number of methoxy groups -OCH3 is 1. The molecule has 102 valence electrons. The summed E-state index contributed by atoms with van der Waals surface area (Å²) in [6.45, 7) is 7.13. The zero-order valence-corrected chi connectivity index (χ0v) is 11.1. The molecule has 0 bridgehead atoms. The van der Waals surface area contributed by atoms with Gasteiger partial charge in [0.15, 0.2) is 0 Å². The van der Waals surface area contributed by atoms with Crippen LogP contribution in [0.4, 0.5) is 0 Å². The van der Waals surface area contributed by atoms with Crippen LogP contribution >= 0.6 is 0 Å². The molecule has 0 spiro atoms. The molecule has 0 aromatic heterocycles. The molecule has 1 saturated heterocycles. The van der Waals surface area contributed by atoms with E-state index in [2.05, 4.69) is 10.2 Å². The van der Waals surface area contributed by atoms with E-state index in [1.165, 1.54) is 0 Å². The van der Waals surface area contributed by atoms with Crippen LogP contribution in [0.3, 0.4) is 0 Å². The van der Waals surface area contributed by atoms with E-state index in [9.17, 15) is 0 Å². The third kappa shape index (κ3) is 6.95. The standard InChI is InChI=1S/C12H26N2O3/c1-13-10-12-11-14(5-7-17-12)4-3-6-16-9-8-15-2/h12-13H,3-11H2,1-2H3.